The fourth-order valence-corrected chi connectivity index (χ4v) is 0.283. The van der Waals surface area contributed by atoms with Gasteiger partial charge in [0, 0.05) is 13.7 Å². The van der Waals surface area contributed by atoms with Gasteiger partial charge in [-0.15, -0.1) is 0 Å². The summed E-state index contributed by atoms with van der Waals surface area (Å²) >= 11 is 0. The SMILES string of the molecule is [2H]C1([2H])N(C)C([2H])([2H])C([2H])([2H])C([2H])([2H])C1([2H])[2H]. The van der Waals surface area contributed by atoms with Crippen molar-refractivity contribution in [1.29, 1.82) is 0 Å². The van der Waals surface area contributed by atoms with E-state index in [4.69, 9.17) is 13.7 Å². The maximum atomic E-state index is 7.49. The molecule has 0 atom stereocenters. The van der Waals surface area contributed by atoms with Crippen LogP contribution in [0.5, 0.6) is 0 Å². The summed E-state index contributed by atoms with van der Waals surface area (Å²) < 4.78 is 74.7. The van der Waals surface area contributed by atoms with Crippen molar-refractivity contribution in [2.24, 2.45) is 0 Å². The smallest absolute Gasteiger partial charge is 0.0430 e. The summed E-state index contributed by atoms with van der Waals surface area (Å²) in [5.41, 5.74) is 0. The normalized spacial score (nSPS) is 82.4. The summed E-state index contributed by atoms with van der Waals surface area (Å²) in [7, 11) is 0.894. The second kappa shape index (κ2) is 2.31. The van der Waals surface area contributed by atoms with Crippen LogP contribution in [0.25, 0.3) is 0 Å². The lowest BCUT2D eigenvalue weighted by molar-refractivity contribution is 0.277. The Morgan fingerprint density at radius 1 is 1.29 bits per heavy atom. The van der Waals surface area contributed by atoms with Gasteiger partial charge >= 0.3 is 0 Å². The van der Waals surface area contributed by atoms with Crippen molar-refractivity contribution in [3.05, 3.63) is 0 Å². The molecule has 1 heteroatoms. The molecule has 0 aromatic heterocycles. The molecule has 0 saturated carbocycles. The molecule has 7 heavy (non-hydrogen) atoms. The largest absolute Gasteiger partial charge is 0.306 e. The van der Waals surface area contributed by atoms with Gasteiger partial charge in [0.1, 0.15) is 0 Å². The van der Waals surface area contributed by atoms with Crippen LogP contribution in [0.15, 0.2) is 0 Å². The van der Waals surface area contributed by atoms with Crippen LogP contribution in [0.1, 0.15) is 32.8 Å². The Morgan fingerprint density at radius 2 is 1.86 bits per heavy atom. The predicted molar refractivity (Wildman–Crippen MR) is 31.3 cm³/mol. The topological polar surface area (TPSA) is 3.24 Å². The van der Waals surface area contributed by atoms with E-state index in [1.54, 1.807) is 0 Å². The molecule has 0 amide bonds. The zero-order valence-electron chi connectivity index (χ0n) is 13.9. The Kier molecular flexibility index (Phi) is 0.284. The minimum Gasteiger partial charge on any atom is -0.306 e. The third kappa shape index (κ3) is 1.48. The van der Waals surface area contributed by atoms with Gasteiger partial charge in [-0.1, -0.05) is 6.37 Å². The van der Waals surface area contributed by atoms with E-state index in [0.717, 1.165) is 7.05 Å². The summed E-state index contributed by atoms with van der Waals surface area (Å²) in [4.78, 5) is 0.265. The molecule has 1 aliphatic rings. The molecule has 42 valence electrons. The standard InChI is InChI=1S/C6H13N/c1-7-5-3-2-4-6-7/h2-6H2,1H3/i2D2,3D2,4D2,5D2,6D2. The van der Waals surface area contributed by atoms with Crippen LogP contribution in [0.3, 0.4) is 0 Å². The number of hydrogen-bond donors (Lipinski definition) is 0. The fourth-order valence-electron chi connectivity index (χ4n) is 0.283. The van der Waals surface area contributed by atoms with Crippen LogP contribution in [-0.4, -0.2) is 24.9 Å². The molecule has 0 aromatic rings. The average Bonchev–Trinajstić information content (AvgIpc) is 2.13. The van der Waals surface area contributed by atoms with E-state index in [1.807, 2.05) is 0 Å². The third-order valence-electron chi connectivity index (χ3n) is 0.572. The zero-order chi connectivity index (χ0) is 14.1. The highest BCUT2D eigenvalue weighted by Gasteiger charge is 2.02. The van der Waals surface area contributed by atoms with Crippen LogP contribution < -0.4 is 0 Å². The Labute approximate surface area is 59.4 Å². The van der Waals surface area contributed by atoms with E-state index in [0.29, 0.717) is 0 Å². The molecular formula is C6H13N. The van der Waals surface area contributed by atoms with Crippen molar-refractivity contribution in [1.82, 2.24) is 4.90 Å². The molecule has 0 bridgehead atoms. The molecule has 1 heterocycles. The maximum absolute atomic E-state index is 7.49. The average molecular weight is 109 g/mol. The number of piperidine rings is 1. The Bertz CT molecular complexity index is 304. The molecular weight excluding hydrogens is 86.1 g/mol. The monoisotopic (exact) mass is 109 g/mol. The second-order valence-electron chi connectivity index (χ2n) is 1.16. The minimum atomic E-state index is -3.31. The number of rotatable bonds is 0. The summed E-state index contributed by atoms with van der Waals surface area (Å²) in [6, 6.07) is 0. The van der Waals surface area contributed by atoms with Crippen molar-refractivity contribution in [3.63, 3.8) is 0 Å². The van der Waals surface area contributed by atoms with Crippen molar-refractivity contribution < 1.29 is 13.7 Å². The predicted octanol–water partition coefficient (Wildman–Crippen LogP) is 1.10. The highest BCUT2D eigenvalue weighted by atomic mass is 15.1. The molecule has 1 aliphatic heterocycles. The molecule has 1 saturated heterocycles. The van der Waals surface area contributed by atoms with Crippen LogP contribution in [0.4, 0.5) is 0 Å². The van der Waals surface area contributed by atoms with Crippen molar-refractivity contribution in [2.75, 3.05) is 20.0 Å². The van der Waals surface area contributed by atoms with Gasteiger partial charge in [-0.3, -0.25) is 0 Å². The van der Waals surface area contributed by atoms with Gasteiger partial charge < -0.3 is 4.90 Å². The Balaban J connectivity index is 3.56. The van der Waals surface area contributed by atoms with Gasteiger partial charge in [-0.05, 0) is 32.8 Å². The van der Waals surface area contributed by atoms with E-state index in [-0.39, 0.29) is 4.90 Å². The van der Waals surface area contributed by atoms with Gasteiger partial charge in [-0.2, -0.15) is 0 Å². The molecule has 0 N–H and O–H groups in total. The Morgan fingerprint density at radius 3 is 2.43 bits per heavy atom. The summed E-state index contributed by atoms with van der Waals surface area (Å²) in [6.07, 6.45) is -9.69. The summed E-state index contributed by atoms with van der Waals surface area (Å²) in [5.74, 6) is 0. The third-order valence-corrected chi connectivity index (χ3v) is 0.572. The quantitative estimate of drug-likeness (QED) is 0.450. The molecule has 0 radical (unpaired) electrons. The molecule has 0 unspecified atom stereocenters. The highest BCUT2D eigenvalue weighted by molar-refractivity contribution is 4.58. The Hall–Kier alpha value is -0.0400. The zero-order valence-corrected chi connectivity index (χ0v) is 3.95. The lowest BCUT2D eigenvalue weighted by Gasteiger charge is -2.20. The van der Waals surface area contributed by atoms with Crippen LogP contribution in [-0.2, 0) is 0 Å². The lowest BCUT2D eigenvalue weighted by Crippen LogP contribution is -2.24. The summed E-state index contributed by atoms with van der Waals surface area (Å²) in [6.45, 7) is -5.93. The van der Waals surface area contributed by atoms with Gasteiger partial charge in [0.2, 0.25) is 0 Å². The first-order chi connectivity index (χ1) is 7.15. The summed E-state index contributed by atoms with van der Waals surface area (Å²) in [5, 5.41) is 0. The van der Waals surface area contributed by atoms with E-state index in [1.165, 1.54) is 0 Å². The molecule has 0 aliphatic carbocycles. The van der Waals surface area contributed by atoms with Crippen LogP contribution in [0, 0.1) is 0 Å². The van der Waals surface area contributed by atoms with Crippen LogP contribution in [0.2, 0.25) is 0 Å². The first-order valence-electron chi connectivity index (χ1n) is 6.89. The lowest BCUT2D eigenvalue weighted by atomic mass is 10.1. The molecule has 0 spiro atoms. The maximum Gasteiger partial charge on any atom is 0.0430 e. The van der Waals surface area contributed by atoms with E-state index in [2.05, 4.69) is 0 Å². The van der Waals surface area contributed by atoms with E-state index >= 15 is 0 Å². The number of likely N-dealkylation sites (tertiary alicyclic amines) is 1. The molecule has 1 nitrogen and oxygen atoms in total. The van der Waals surface area contributed by atoms with Gasteiger partial charge in [0.15, 0.2) is 0 Å². The van der Waals surface area contributed by atoms with Crippen molar-refractivity contribution >= 4 is 0 Å². The van der Waals surface area contributed by atoms with Crippen molar-refractivity contribution in [3.8, 4) is 0 Å². The molecule has 0 aromatic carbocycles. The van der Waals surface area contributed by atoms with Gasteiger partial charge in [-0.25, -0.2) is 0 Å². The van der Waals surface area contributed by atoms with Gasteiger partial charge in [0.25, 0.3) is 0 Å². The first kappa shape index (κ1) is 0.860. The van der Waals surface area contributed by atoms with Gasteiger partial charge in [0.05, 0.1) is 0 Å². The van der Waals surface area contributed by atoms with Crippen molar-refractivity contribution in [2.45, 2.75) is 19.1 Å². The number of nitrogens with zero attached hydrogens (tertiary/aromatic N) is 1. The van der Waals surface area contributed by atoms with E-state index < -0.39 is 32.1 Å². The van der Waals surface area contributed by atoms with Crippen LogP contribution >= 0.6 is 0 Å². The molecule has 1 rings (SSSR count). The second-order valence-corrected chi connectivity index (χ2v) is 1.16. The molecule has 1 fully saturated rings. The minimum absolute atomic E-state index is 0.265. The number of hydrogen-bond acceptors (Lipinski definition) is 1. The fraction of sp³-hybridized carbons (Fsp3) is 1.00. The van der Waals surface area contributed by atoms with E-state index in [9.17, 15) is 0 Å². The first-order valence-corrected chi connectivity index (χ1v) is 1.89. The highest BCUT2D eigenvalue weighted by Crippen LogP contribution is 2.04.